The van der Waals surface area contributed by atoms with E-state index < -0.39 is 11.8 Å². The zero-order valence-electron chi connectivity index (χ0n) is 16.6. The Morgan fingerprint density at radius 1 is 0.935 bits per heavy atom. The zero-order valence-corrected chi connectivity index (χ0v) is 16.6. The smallest absolute Gasteiger partial charge is 0.311 e. The van der Waals surface area contributed by atoms with Crippen LogP contribution in [0.15, 0.2) is 72.8 Å². The number of fused-ring (bicyclic) bond motifs is 1. The molecule has 0 aliphatic carbocycles. The van der Waals surface area contributed by atoms with Crippen molar-refractivity contribution in [1.82, 2.24) is 0 Å². The summed E-state index contributed by atoms with van der Waals surface area (Å²) < 4.78 is 18.3. The summed E-state index contributed by atoms with van der Waals surface area (Å²) in [6.07, 6.45) is 1.09. The molecule has 0 radical (unpaired) electrons. The zero-order chi connectivity index (χ0) is 21.8. The van der Waals surface area contributed by atoms with Gasteiger partial charge in [-0.1, -0.05) is 18.2 Å². The summed E-state index contributed by atoms with van der Waals surface area (Å²) in [7, 11) is 0. The van der Waals surface area contributed by atoms with E-state index >= 15 is 0 Å². The van der Waals surface area contributed by atoms with Crippen LogP contribution in [0.1, 0.15) is 34.3 Å². The van der Waals surface area contributed by atoms with Crippen molar-refractivity contribution in [3.05, 3.63) is 95.3 Å². The number of hydrogen-bond acceptors (Lipinski definition) is 4. The third-order valence-electron chi connectivity index (χ3n) is 5.26. The number of anilines is 1. The van der Waals surface area contributed by atoms with Crippen LogP contribution in [0.5, 0.6) is 5.75 Å². The van der Waals surface area contributed by atoms with Crippen molar-refractivity contribution in [3.63, 3.8) is 0 Å². The predicted molar refractivity (Wildman–Crippen MR) is 113 cm³/mol. The first-order valence-corrected chi connectivity index (χ1v) is 9.99. The van der Waals surface area contributed by atoms with Crippen molar-refractivity contribution >= 4 is 23.3 Å². The van der Waals surface area contributed by atoms with Gasteiger partial charge in [-0.05, 0) is 73.0 Å². The lowest BCUT2D eigenvalue weighted by atomic mass is 9.90. The number of amides is 1. The molecule has 0 saturated carbocycles. The number of esters is 1. The second-order valence-electron chi connectivity index (χ2n) is 7.42. The van der Waals surface area contributed by atoms with E-state index in [0.29, 0.717) is 29.7 Å². The van der Waals surface area contributed by atoms with Gasteiger partial charge in [-0.3, -0.25) is 14.4 Å². The molecule has 3 aromatic carbocycles. The van der Waals surface area contributed by atoms with E-state index in [4.69, 9.17) is 4.74 Å². The van der Waals surface area contributed by atoms with Gasteiger partial charge in [0.2, 0.25) is 5.91 Å². The summed E-state index contributed by atoms with van der Waals surface area (Å²) in [5, 5.41) is 2.87. The Balaban J connectivity index is 1.31. The fourth-order valence-electron chi connectivity index (χ4n) is 3.56. The summed E-state index contributed by atoms with van der Waals surface area (Å²) in [6, 6.07) is 19.1. The van der Waals surface area contributed by atoms with Gasteiger partial charge in [0.1, 0.15) is 11.6 Å². The van der Waals surface area contributed by atoms with Crippen LogP contribution >= 0.6 is 0 Å². The normalized spacial score (nSPS) is 15.0. The van der Waals surface area contributed by atoms with Crippen molar-refractivity contribution in [2.24, 2.45) is 5.92 Å². The predicted octanol–water partition coefficient (Wildman–Crippen LogP) is 4.55. The first kappa shape index (κ1) is 20.5. The number of nitrogens with one attached hydrogen (secondary N) is 1. The van der Waals surface area contributed by atoms with Gasteiger partial charge >= 0.3 is 5.97 Å². The molecule has 1 aliphatic rings. The van der Waals surface area contributed by atoms with Gasteiger partial charge in [-0.25, -0.2) is 4.39 Å². The Morgan fingerprint density at radius 3 is 2.29 bits per heavy atom. The molecule has 4 rings (SSSR count). The van der Waals surface area contributed by atoms with E-state index in [2.05, 4.69) is 5.32 Å². The van der Waals surface area contributed by atoms with Crippen LogP contribution in [-0.4, -0.2) is 17.7 Å². The first-order valence-electron chi connectivity index (χ1n) is 9.99. The third kappa shape index (κ3) is 4.86. The van der Waals surface area contributed by atoms with Crippen molar-refractivity contribution in [3.8, 4) is 5.75 Å². The molecule has 0 aromatic heterocycles. The van der Waals surface area contributed by atoms with Gasteiger partial charge in [0.25, 0.3) is 0 Å². The van der Waals surface area contributed by atoms with Crippen LogP contribution in [-0.2, 0) is 16.0 Å². The largest absolute Gasteiger partial charge is 0.427 e. The number of para-hydroxylation sites is 1. The van der Waals surface area contributed by atoms with E-state index in [1.165, 1.54) is 36.4 Å². The monoisotopic (exact) mass is 417 g/mol. The minimum atomic E-state index is -0.440. The van der Waals surface area contributed by atoms with E-state index in [1.54, 1.807) is 12.1 Å². The average molecular weight is 417 g/mol. The van der Waals surface area contributed by atoms with Crippen LogP contribution in [0.25, 0.3) is 0 Å². The summed E-state index contributed by atoms with van der Waals surface area (Å²) in [5.41, 5.74) is 2.66. The van der Waals surface area contributed by atoms with Gasteiger partial charge in [0.05, 0.1) is 0 Å². The van der Waals surface area contributed by atoms with Crippen molar-refractivity contribution in [2.75, 3.05) is 5.32 Å². The molecule has 31 heavy (non-hydrogen) atoms. The summed E-state index contributed by atoms with van der Waals surface area (Å²) in [4.78, 5) is 36.9. The van der Waals surface area contributed by atoms with Gasteiger partial charge in [0, 0.05) is 29.2 Å². The maximum atomic E-state index is 13.0. The number of ketones is 1. The highest BCUT2D eigenvalue weighted by molar-refractivity contribution is 6.09. The van der Waals surface area contributed by atoms with Gasteiger partial charge in [0.15, 0.2) is 5.78 Å². The Labute approximate surface area is 178 Å². The fourth-order valence-corrected chi connectivity index (χ4v) is 3.56. The third-order valence-corrected chi connectivity index (χ3v) is 5.26. The topological polar surface area (TPSA) is 72.5 Å². The van der Waals surface area contributed by atoms with Crippen LogP contribution in [0, 0.1) is 11.7 Å². The number of carbonyl (C=O) groups excluding carboxylic acids is 3. The molecule has 3 aromatic rings. The summed E-state index contributed by atoms with van der Waals surface area (Å²) >= 11 is 0. The molecule has 1 heterocycles. The second kappa shape index (κ2) is 8.92. The first-order chi connectivity index (χ1) is 15.0. The molecule has 6 heteroatoms. The summed E-state index contributed by atoms with van der Waals surface area (Å²) in [6.45, 7) is 0. The number of halogens is 1. The average Bonchev–Trinajstić information content (AvgIpc) is 2.78. The Kier molecular flexibility index (Phi) is 5.89. The van der Waals surface area contributed by atoms with Crippen LogP contribution < -0.4 is 10.1 Å². The van der Waals surface area contributed by atoms with Crippen molar-refractivity contribution in [2.45, 2.75) is 19.3 Å². The molecule has 0 saturated heterocycles. The fraction of sp³-hybridized carbons (Fsp3) is 0.160. The lowest BCUT2D eigenvalue weighted by molar-refractivity contribution is -0.134. The molecule has 0 bridgehead atoms. The molecule has 156 valence electrons. The molecule has 1 atom stereocenters. The van der Waals surface area contributed by atoms with Crippen LogP contribution in [0.3, 0.4) is 0 Å². The van der Waals surface area contributed by atoms with E-state index in [0.717, 1.165) is 11.3 Å². The molecular formula is C25H20FNO4. The molecule has 0 unspecified atom stereocenters. The van der Waals surface area contributed by atoms with Crippen molar-refractivity contribution < 1.29 is 23.5 Å². The molecule has 1 aliphatic heterocycles. The maximum absolute atomic E-state index is 13.0. The highest BCUT2D eigenvalue weighted by Crippen LogP contribution is 2.27. The Hall–Kier alpha value is -3.80. The van der Waals surface area contributed by atoms with Gasteiger partial charge in [-0.2, -0.15) is 0 Å². The van der Waals surface area contributed by atoms with E-state index in [-0.39, 0.29) is 24.0 Å². The SMILES string of the molecule is O=C(CC[C@@H]1Cc2ccccc2NC1=O)Oc1ccc(C(=O)c2ccc(F)cc2)cc1. The highest BCUT2D eigenvalue weighted by Gasteiger charge is 2.26. The van der Waals surface area contributed by atoms with Crippen LogP contribution in [0.2, 0.25) is 0 Å². The van der Waals surface area contributed by atoms with Gasteiger partial charge in [-0.15, -0.1) is 0 Å². The number of carbonyl (C=O) groups is 3. The lowest BCUT2D eigenvalue weighted by Gasteiger charge is -2.24. The van der Waals surface area contributed by atoms with Crippen molar-refractivity contribution in [1.29, 1.82) is 0 Å². The Morgan fingerprint density at radius 2 is 1.58 bits per heavy atom. The quantitative estimate of drug-likeness (QED) is 0.363. The minimum Gasteiger partial charge on any atom is -0.427 e. The van der Waals surface area contributed by atoms with E-state index in [9.17, 15) is 18.8 Å². The minimum absolute atomic E-state index is 0.0878. The van der Waals surface area contributed by atoms with E-state index in [1.807, 2.05) is 24.3 Å². The number of rotatable bonds is 6. The standard InChI is InChI=1S/C25H20FNO4/c26-20-10-5-16(6-11-20)24(29)17-7-12-21(13-8-17)31-23(28)14-9-19-15-18-3-1-2-4-22(18)27-25(19)30/h1-8,10-13,19H,9,14-15H2,(H,27,30)/t19-/m1/s1. The number of ether oxygens (including phenoxy) is 1. The molecular weight excluding hydrogens is 397 g/mol. The highest BCUT2D eigenvalue weighted by atomic mass is 19.1. The lowest BCUT2D eigenvalue weighted by Crippen LogP contribution is -2.30. The molecule has 1 amide bonds. The summed E-state index contributed by atoms with van der Waals surface area (Å²) in [5.74, 6) is -1.15. The van der Waals surface area contributed by atoms with Crippen LogP contribution in [0.4, 0.5) is 10.1 Å². The van der Waals surface area contributed by atoms with Gasteiger partial charge < -0.3 is 10.1 Å². The molecule has 0 fully saturated rings. The maximum Gasteiger partial charge on any atom is 0.311 e. The second-order valence-corrected chi connectivity index (χ2v) is 7.42. The number of hydrogen-bond donors (Lipinski definition) is 1. The molecule has 0 spiro atoms. The molecule has 5 nitrogen and oxygen atoms in total. The number of benzene rings is 3. The molecule has 1 N–H and O–H groups in total. The Bertz CT molecular complexity index is 1120.